The molecule has 0 unspecified atom stereocenters. The van der Waals surface area contributed by atoms with Gasteiger partial charge in [0, 0.05) is 51.0 Å². The largest absolute Gasteiger partial charge is 0.463 e. The highest BCUT2D eigenvalue weighted by molar-refractivity contribution is 6.42. The number of halogens is 2. The molecule has 0 radical (unpaired) electrons. The summed E-state index contributed by atoms with van der Waals surface area (Å²) in [5, 5.41) is 6.55. The average Bonchev–Trinajstić information content (AvgIpc) is 2.80. The molecule has 0 aliphatic carbocycles. The maximum absolute atomic E-state index is 13.2. The molecule has 1 aromatic rings. The van der Waals surface area contributed by atoms with Crippen LogP contribution in [0.1, 0.15) is 39.3 Å². The van der Waals surface area contributed by atoms with Crippen LogP contribution in [0.4, 0.5) is 9.59 Å². The monoisotopic (exact) mass is 525 g/mol. The lowest BCUT2D eigenvalue weighted by atomic mass is 9.94. The van der Waals surface area contributed by atoms with Crippen LogP contribution < -0.4 is 10.6 Å². The van der Waals surface area contributed by atoms with E-state index in [1.807, 2.05) is 20.8 Å². The molecule has 192 valence electrons. The Hall–Kier alpha value is -2.49. The predicted molar refractivity (Wildman–Crippen MR) is 135 cm³/mol. The van der Waals surface area contributed by atoms with Crippen molar-refractivity contribution in [1.29, 1.82) is 0 Å². The molecule has 0 spiro atoms. The first-order valence-electron chi connectivity index (χ1n) is 11.9. The molecular formula is C24H33Cl2N5O4. The number of esters is 1. The number of nitrogens with one attached hydrogen (secondary N) is 2. The Morgan fingerprint density at radius 3 is 2.40 bits per heavy atom. The minimum Gasteiger partial charge on any atom is -0.463 e. The summed E-state index contributed by atoms with van der Waals surface area (Å²) in [6.07, 6.45) is 0. The van der Waals surface area contributed by atoms with E-state index in [2.05, 4.69) is 15.5 Å². The van der Waals surface area contributed by atoms with Crippen molar-refractivity contribution in [2.45, 2.75) is 39.8 Å². The van der Waals surface area contributed by atoms with Crippen LogP contribution >= 0.6 is 23.2 Å². The van der Waals surface area contributed by atoms with Gasteiger partial charge in [-0.1, -0.05) is 29.3 Å². The number of benzene rings is 1. The highest BCUT2D eigenvalue weighted by Crippen LogP contribution is 2.34. The number of rotatable bonds is 7. The van der Waals surface area contributed by atoms with Gasteiger partial charge < -0.3 is 20.3 Å². The second-order valence-corrected chi connectivity index (χ2v) is 9.56. The lowest BCUT2D eigenvalue weighted by molar-refractivity contribution is -0.139. The van der Waals surface area contributed by atoms with E-state index in [1.54, 1.807) is 34.9 Å². The Kier molecular flexibility index (Phi) is 9.27. The molecule has 0 aromatic heterocycles. The fourth-order valence-electron chi connectivity index (χ4n) is 4.26. The van der Waals surface area contributed by atoms with Crippen LogP contribution in [-0.4, -0.2) is 84.6 Å². The van der Waals surface area contributed by atoms with E-state index in [1.165, 1.54) is 0 Å². The normalized spacial score (nSPS) is 19.2. The van der Waals surface area contributed by atoms with Gasteiger partial charge >= 0.3 is 18.0 Å². The molecule has 4 amide bonds. The SMILES string of the molecule is CCOC(=O)C1=C(CN2CCN(C(=O)NC(C)C)CC2)N(CC)C(=O)N[C@H]1c1ccc(Cl)c(Cl)c1. The molecule has 2 aliphatic heterocycles. The summed E-state index contributed by atoms with van der Waals surface area (Å²) < 4.78 is 5.41. The third-order valence-corrected chi connectivity index (χ3v) is 6.71. The molecule has 11 heteroatoms. The van der Waals surface area contributed by atoms with Crippen LogP contribution in [0.5, 0.6) is 0 Å². The van der Waals surface area contributed by atoms with E-state index < -0.39 is 12.0 Å². The molecule has 2 N–H and O–H groups in total. The Morgan fingerprint density at radius 2 is 1.83 bits per heavy atom. The van der Waals surface area contributed by atoms with Crippen molar-refractivity contribution < 1.29 is 19.1 Å². The zero-order valence-electron chi connectivity index (χ0n) is 20.6. The first-order chi connectivity index (χ1) is 16.7. The summed E-state index contributed by atoms with van der Waals surface area (Å²) >= 11 is 12.3. The molecule has 1 saturated heterocycles. The van der Waals surface area contributed by atoms with E-state index in [4.69, 9.17) is 27.9 Å². The number of nitrogens with zero attached hydrogens (tertiary/aromatic N) is 3. The first-order valence-corrected chi connectivity index (χ1v) is 12.6. The van der Waals surface area contributed by atoms with Gasteiger partial charge in [-0.05, 0) is 45.4 Å². The maximum atomic E-state index is 13.2. The van der Waals surface area contributed by atoms with E-state index in [-0.39, 0.29) is 24.7 Å². The molecule has 9 nitrogen and oxygen atoms in total. The highest BCUT2D eigenvalue weighted by atomic mass is 35.5. The van der Waals surface area contributed by atoms with Gasteiger partial charge in [-0.25, -0.2) is 14.4 Å². The Bertz CT molecular complexity index is 992. The smallest absolute Gasteiger partial charge is 0.338 e. The zero-order chi connectivity index (χ0) is 25.7. The predicted octanol–water partition coefficient (Wildman–Crippen LogP) is 3.63. The number of hydrogen-bond donors (Lipinski definition) is 2. The number of carbonyl (C=O) groups is 3. The summed E-state index contributed by atoms with van der Waals surface area (Å²) in [4.78, 5) is 44.1. The van der Waals surface area contributed by atoms with Crippen LogP contribution in [0, 0.1) is 0 Å². The van der Waals surface area contributed by atoms with Crippen molar-refractivity contribution in [1.82, 2.24) is 25.3 Å². The summed E-state index contributed by atoms with van der Waals surface area (Å²) in [5.41, 5.74) is 1.59. The molecule has 1 fully saturated rings. The van der Waals surface area contributed by atoms with Crippen molar-refractivity contribution in [3.63, 3.8) is 0 Å². The van der Waals surface area contributed by atoms with Crippen molar-refractivity contribution in [3.05, 3.63) is 45.1 Å². The molecule has 2 heterocycles. The number of likely N-dealkylation sites (N-methyl/N-ethyl adjacent to an activating group) is 1. The average molecular weight is 526 g/mol. The van der Waals surface area contributed by atoms with Gasteiger partial charge in [0.2, 0.25) is 0 Å². The van der Waals surface area contributed by atoms with Crippen LogP contribution in [-0.2, 0) is 9.53 Å². The van der Waals surface area contributed by atoms with E-state index in [0.29, 0.717) is 66.1 Å². The Labute approximate surface area is 216 Å². The van der Waals surface area contributed by atoms with Gasteiger partial charge in [-0.15, -0.1) is 0 Å². The zero-order valence-corrected chi connectivity index (χ0v) is 22.1. The highest BCUT2D eigenvalue weighted by Gasteiger charge is 2.38. The maximum Gasteiger partial charge on any atom is 0.338 e. The third kappa shape index (κ3) is 6.39. The molecule has 0 saturated carbocycles. The molecular weight excluding hydrogens is 493 g/mol. The van der Waals surface area contributed by atoms with Gasteiger partial charge in [-0.2, -0.15) is 0 Å². The van der Waals surface area contributed by atoms with E-state index in [0.717, 1.165) is 0 Å². The molecule has 2 aliphatic rings. The fraction of sp³-hybridized carbons (Fsp3) is 0.542. The third-order valence-electron chi connectivity index (χ3n) is 5.97. The van der Waals surface area contributed by atoms with Crippen LogP contribution in [0.2, 0.25) is 10.0 Å². The number of piperazine rings is 1. The standard InChI is InChI=1S/C24H33Cl2N5O4/c1-5-31-19(14-29-9-11-30(12-10-29)23(33)27-15(3)4)20(22(32)35-6-2)21(28-24(31)34)16-7-8-17(25)18(26)13-16/h7-8,13,15,21H,5-6,9-12,14H2,1-4H3,(H,27,33)(H,28,34)/t21-/m0/s1. The number of carbonyl (C=O) groups excluding carboxylic acids is 3. The first kappa shape index (κ1) is 27.1. The number of amides is 4. The van der Waals surface area contributed by atoms with E-state index >= 15 is 0 Å². The second-order valence-electron chi connectivity index (χ2n) is 8.75. The lowest BCUT2D eigenvalue weighted by Crippen LogP contribution is -2.55. The van der Waals surface area contributed by atoms with Crippen molar-refractivity contribution in [3.8, 4) is 0 Å². The molecule has 1 aromatic carbocycles. The number of hydrogen-bond acceptors (Lipinski definition) is 5. The van der Waals surface area contributed by atoms with Crippen LogP contribution in [0.15, 0.2) is 29.5 Å². The second kappa shape index (κ2) is 12.0. The summed E-state index contributed by atoms with van der Waals surface area (Å²) in [7, 11) is 0. The fourth-order valence-corrected chi connectivity index (χ4v) is 4.57. The van der Waals surface area contributed by atoms with Gasteiger partial charge in [0.15, 0.2) is 0 Å². The van der Waals surface area contributed by atoms with Gasteiger partial charge in [-0.3, -0.25) is 9.80 Å². The summed E-state index contributed by atoms with van der Waals surface area (Å²) in [6.45, 7) is 10.7. The number of urea groups is 2. The topological polar surface area (TPSA) is 94.2 Å². The van der Waals surface area contributed by atoms with Gasteiger partial charge in [0.1, 0.15) is 0 Å². The molecule has 1 atom stereocenters. The van der Waals surface area contributed by atoms with Gasteiger partial charge in [0.25, 0.3) is 0 Å². The quantitative estimate of drug-likeness (QED) is 0.530. The van der Waals surface area contributed by atoms with Crippen molar-refractivity contribution in [2.24, 2.45) is 0 Å². The number of ether oxygens (including phenoxy) is 1. The van der Waals surface area contributed by atoms with Crippen molar-refractivity contribution in [2.75, 3.05) is 45.9 Å². The molecule has 35 heavy (non-hydrogen) atoms. The summed E-state index contributed by atoms with van der Waals surface area (Å²) in [6, 6.07) is 3.98. The minimum absolute atomic E-state index is 0.0648. The van der Waals surface area contributed by atoms with Crippen LogP contribution in [0.25, 0.3) is 0 Å². The minimum atomic E-state index is -0.729. The van der Waals surface area contributed by atoms with Crippen LogP contribution in [0.3, 0.4) is 0 Å². The van der Waals surface area contributed by atoms with E-state index in [9.17, 15) is 14.4 Å². The lowest BCUT2D eigenvalue weighted by Gasteiger charge is -2.40. The Balaban J connectivity index is 1.93. The van der Waals surface area contributed by atoms with Gasteiger partial charge in [0.05, 0.1) is 28.3 Å². The molecule has 0 bridgehead atoms. The molecule has 3 rings (SSSR count). The summed E-state index contributed by atoms with van der Waals surface area (Å²) in [5.74, 6) is -0.494. The van der Waals surface area contributed by atoms with Crippen molar-refractivity contribution >= 4 is 41.2 Å². The Morgan fingerprint density at radius 1 is 1.14 bits per heavy atom.